The molecule has 276 valence electrons. The van der Waals surface area contributed by atoms with Crippen LogP contribution in [0.1, 0.15) is 79.9 Å². The SMILES string of the molecule is C=C(C[C@H](C)[C@@H]1OC(C)(C)O[C@H]([C@@H](C)CO)[C@@H]1C)[C@H](O)[C@H](C)[C@@H](O)[C@@H](C)[C@H](OCc1ccc(OC)cc1)[C@@H](C)[C@H](C)OCc1ccccc1. The highest BCUT2D eigenvalue weighted by molar-refractivity contribution is 5.26. The molecule has 12 atom stereocenters. The lowest BCUT2D eigenvalue weighted by molar-refractivity contribution is -0.335. The van der Waals surface area contributed by atoms with Crippen LogP contribution in [0.5, 0.6) is 5.75 Å². The summed E-state index contributed by atoms with van der Waals surface area (Å²) in [5.41, 5.74) is 2.75. The van der Waals surface area contributed by atoms with Gasteiger partial charge in [0.15, 0.2) is 5.79 Å². The lowest BCUT2D eigenvalue weighted by Gasteiger charge is -2.48. The van der Waals surface area contributed by atoms with E-state index in [0.29, 0.717) is 25.2 Å². The molecule has 8 heteroatoms. The Hall–Kier alpha value is -2.30. The van der Waals surface area contributed by atoms with Gasteiger partial charge in [-0.3, -0.25) is 0 Å². The molecule has 1 aliphatic heterocycles. The van der Waals surface area contributed by atoms with Crippen molar-refractivity contribution in [2.75, 3.05) is 13.7 Å². The molecular weight excluding hydrogens is 620 g/mol. The van der Waals surface area contributed by atoms with Gasteiger partial charge in [0.1, 0.15) is 5.75 Å². The number of rotatable bonds is 19. The van der Waals surface area contributed by atoms with Crippen LogP contribution in [0.3, 0.4) is 0 Å². The van der Waals surface area contributed by atoms with Crippen LogP contribution in [0.25, 0.3) is 0 Å². The van der Waals surface area contributed by atoms with Crippen LogP contribution in [0, 0.1) is 35.5 Å². The number of aliphatic hydroxyl groups is 3. The third kappa shape index (κ3) is 11.3. The molecule has 0 bridgehead atoms. The molecule has 0 amide bonds. The molecular formula is C41H64O8. The predicted octanol–water partition coefficient (Wildman–Crippen LogP) is 7.18. The van der Waals surface area contributed by atoms with Crippen LogP contribution < -0.4 is 4.74 Å². The van der Waals surface area contributed by atoms with Gasteiger partial charge in [0, 0.05) is 36.2 Å². The molecule has 1 saturated heterocycles. The summed E-state index contributed by atoms with van der Waals surface area (Å²) in [6.45, 7) is 23.2. The van der Waals surface area contributed by atoms with E-state index in [1.165, 1.54) is 0 Å². The van der Waals surface area contributed by atoms with Crippen molar-refractivity contribution in [3.05, 3.63) is 77.9 Å². The first-order chi connectivity index (χ1) is 23.1. The van der Waals surface area contributed by atoms with E-state index in [1.54, 1.807) is 7.11 Å². The van der Waals surface area contributed by atoms with E-state index in [2.05, 4.69) is 27.4 Å². The lowest BCUT2D eigenvalue weighted by Crippen LogP contribution is -2.54. The molecule has 0 radical (unpaired) electrons. The summed E-state index contributed by atoms with van der Waals surface area (Å²) in [5.74, 6) is -0.881. The molecule has 0 spiro atoms. The standard InChI is InChI=1S/C41H64O8/c1-25(21-26(2)38-31(7)39(27(3)22-42)49-41(9,10)48-38)36(43)29(5)37(44)30(6)40(47-24-34-17-19-35(45-11)20-18-34)28(4)32(8)46-23-33-15-13-12-14-16-33/h12-20,26-32,36-40,42-44H,1,21-24H2,2-11H3/t26-,27-,28-,29-,30+,31+,32-,36-,37+,38-,39+,40+/m0/s1. The molecule has 1 fully saturated rings. The summed E-state index contributed by atoms with van der Waals surface area (Å²) in [6, 6.07) is 17.8. The van der Waals surface area contributed by atoms with E-state index in [9.17, 15) is 15.3 Å². The van der Waals surface area contributed by atoms with Crippen molar-refractivity contribution in [1.29, 1.82) is 0 Å². The maximum absolute atomic E-state index is 11.8. The monoisotopic (exact) mass is 684 g/mol. The third-order valence-corrected chi connectivity index (χ3v) is 10.6. The van der Waals surface area contributed by atoms with Crippen LogP contribution in [0.4, 0.5) is 0 Å². The second-order valence-electron chi connectivity index (χ2n) is 15.1. The summed E-state index contributed by atoms with van der Waals surface area (Å²) in [7, 11) is 1.64. The zero-order chi connectivity index (χ0) is 36.5. The molecule has 3 N–H and O–H groups in total. The Bertz CT molecular complexity index is 1250. The average Bonchev–Trinajstić information content (AvgIpc) is 3.10. The first kappa shape index (κ1) is 41.1. The van der Waals surface area contributed by atoms with Crippen molar-refractivity contribution in [3.63, 3.8) is 0 Å². The fourth-order valence-corrected chi connectivity index (χ4v) is 7.26. The second-order valence-corrected chi connectivity index (χ2v) is 15.1. The Morgan fingerprint density at radius 2 is 1.35 bits per heavy atom. The fraction of sp³-hybridized carbons (Fsp3) is 0.659. The lowest BCUT2D eigenvalue weighted by atomic mass is 9.77. The van der Waals surface area contributed by atoms with Gasteiger partial charge in [0.2, 0.25) is 0 Å². The highest BCUT2D eigenvalue weighted by Crippen LogP contribution is 2.40. The number of ether oxygens (including phenoxy) is 5. The van der Waals surface area contributed by atoms with Crippen molar-refractivity contribution in [2.24, 2.45) is 35.5 Å². The molecule has 2 aromatic rings. The third-order valence-electron chi connectivity index (χ3n) is 10.6. The molecule has 3 rings (SSSR count). The molecule has 0 aromatic heterocycles. The number of methoxy groups -OCH3 is 1. The van der Waals surface area contributed by atoms with Gasteiger partial charge < -0.3 is 39.0 Å². The highest BCUT2D eigenvalue weighted by Gasteiger charge is 2.45. The minimum absolute atomic E-state index is 0.0266. The Balaban J connectivity index is 1.71. The number of aliphatic hydroxyl groups excluding tert-OH is 3. The fourth-order valence-electron chi connectivity index (χ4n) is 7.26. The van der Waals surface area contributed by atoms with E-state index in [-0.39, 0.29) is 60.6 Å². The maximum Gasteiger partial charge on any atom is 0.163 e. The van der Waals surface area contributed by atoms with Crippen LogP contribution in [0.15, 0.2) is 66.7 Å². The van der Waals surface area contributed by atoms with E-state index in [4.69, 9.17) is 23.7 Å². The highest BCUT2D eigenvalue weighted by atomic mass is 16.7. The normalized spacial score (nSPS) is 24.9. The number of hydrogen-bond acceptors (Lipinski definition) is 8. The summed E-state index contributed by atoms with van der Waals surface area (Å²) in [4.78, 5) is 0. The van der Waals surface area contributed by atoms with Crippen molar-refractivity contribution < 1.29 is 39.0 Å². The van der Waals surface area contributed by atoms with Gasteiger partial charge in [-0.25, -0.2) is 0 Å². The summed E-state index contributed by atoms with van der Waals surface area (Å²) < 4.78 is 30.8. The number of benzene rings is 2. The van der Waals surface area contributed by atoms with Gasteiger partial charge in [-0.1, -0.05) is 90.6 Å². The maximum atomic E-state index is 11.8. The minimum Gasteiger partial charge on any atom is -0.497 e. The average molecular weight is 685 g/mol. The molecule has 2 aromatic carbocycles. The smallest absolute Gasteiger partial charge is 0.163 e. The van der Waals surface area contributed by atoms with Crippen LogP contribution in [-0.2, 0) is 32.2 Å². The Kier molecular flexibility index (Phi) is 15.8. The molecule has 8 nitrogen and oxygen atoms in total. The molecule has 0 saturated carbocycles. The van der Waals surface area contributed by atoms with Crippen LogP contribution in [0.2, 0.25) is 0 Å². The number of hydrogen-bond donors (Lipinski definition) is 3. The van der Waals surface area contributed by atoms with Gasteiger partial charge in [-0.15, -0.1) is 0 Å². The molecule has 0 aliphatic carbocycles. The van der Waals surface area contributed by atoms with Crippen LogP contribution in [-0.4, -0.2) is 71.4 Å². The Morgan fingerprint density at radius 3 is 1.92 bits per heavy atom. The van der Waals surface area contributed by atoms with Crippen molar-refractivity contribution in [2.45, 2.75) is 124 Å². The van der Waals surface area contributed by atoms with Gasteiger partial charge in [-0.2, -0.15) is 0 Å². The van der Waals surface area contributed by atoms with Gasteiger partial charge >= 0.3 is 0 Å². The quantitative estimate of drug-likeness (QED) is 0.134. The Morgan fingerprint density at radius 1 is 0.796 bits per heavy atom. The first-order valence-electron chi connectivity index (χ1n) is 18.0. The summed E-state index contributed by atoms with van der Waals surface area (Å²) in [5, 5.41) is 33.2. The predicted molar refractivity (Wildman–Crippen MR) is 194 cm³/mol. The second kappa shape index (κ2) is 18.8. The van der Waals surface area contributed by atoms with E-state index in [0.717, 1.165) is 16.9 Å². The van der Waals surface area contributed by atoms with Gasteiger partial charge in [0.05, 0.1) is 56.9 Å². The van der Waals surface area contributed by atoms with E-state index in [1.807, 2.05) is 96.1 Å². The zero-order valence-corrected chi connectivity index (χ0v) is 31.5. The van der Waals surface area contributed by atoms with Crippen molar-refractivity contribution in [1.82, 2.24) is 0 Å². The van der Waals surface area contributed by atoms with Gasteiger partial charge in [-0.05, 0) is 61.9 Å². The summed E-state index contributed by atoms with van der Waals surface area (Å²) in [6.07, 6.45) is -2.12. The molecule has 0 unspecified atom stereocenters. The summed E-state index contributed by atoms with van der Waals surface area (Å²) >= 11 is 0. The van der Waals surface area contributed by atoms with E-state index < -0.39 is 23.9 Å². The largest absolute Gasteiger partial charge is 0.497 e. The first-order valence-corrected chi connectivity index (χ1v) is 18.0. The minimum atomic E-state index is -0.931. The van der Waals surface area contributed by atoms with Gasteiger partial charge in [0.25, 0.3) is 0 Å². The molecule has 1 aliphatic rings. The van der Waals surface area contributed by atoms with E-state index >= 15 is 0 Å². The van der Waals surface area contributed by atoms with Crippen LogP contribution >= 0.6 is 0 Å². The topological polar surface area (TPSA) is 107 Å². The van der Waals surface area contributed by atoms with Crippen molar-refractivity contribution >= 4 is 0 Å². The molecule has 1 heterocycles. The molecule has 49 heavy (non-hydrogen) atoms. The Labute approximate surface area is 295 Å². The zero-order valence-electron chi connectivity index (χ0n) is 31.5. The van der Waals surface area contributed by atoms with Crippen molar-refractivity contribution in [3.8, 4) is 5.75 Å².